The summed E-state index contributed by atoms with van der Waals surface area (Å²) in [6.07, 6.45) is 1.83. The summed E-state index contributed by atoms with van der Waals surface area (Å²) in [6, 6.07) is 4.13. The maximum Gasteiger partial charge on any atom is 0.0594 e. The Bertz CT molecular complexity index is 310. The SMILES string of the molecule is NCc1cc(CN2CCOCC2)ccn1. The predicted molar refractivity (Wildman–Crippen MR) is 58.2 cm³/mol. The van der Waals surface area contributed by atoms with Crippen molar-refractivity contribution in [3.05, 3.63) is 29.6 Å². The minimum Gasteiger partial charge on any atom is -0.379 e. The highest BCUT2D eigenvalue weighted by Gasteiger charge is 2.10. The molecule has 1 aliphatic rings. The largest absolute Gasteiger partial charge is 0.379 e. The second-order valence-electron chi connectivity index (χ2n) is 3.75. The summed E-state index contributed by atoms with van der Waals surface area (Å²) in [5.41, 5.74) is 7.80. The van der Waals surface area contributed by atoms with Gasteiger partial charge in [-0.2, -0.15) is 0 Å². The van der Waals surface area contributed by atoms with Gasteiger partial charge in [0.1, 0.15) is 0 Å². The Morgan fingerprint density at radius 2 is 2.20 bits per heavy atom. The van der Waals surface area contributed by atoms with Crippen molar-refractivity contribution in [2.75, 3.05) is 26.3 Å². The Morgan fingerprint density at radius 3 is 2.93 bits per heavy atom. The van der Waals surface area contributed by atoms with Crippen molar-refractivity contribution in [1.29, 1.82) is 0 Å². The van der Waals surface area contributed by atoms with Crippen molar-refractivity contribution >= 4 is 0 Å². The summed E-state index contributed by atoms with van der Waals surface area (Å²) in [4.78, 5) is 6.57. The van der Waals surface area contributed by atoms with Crippen LogP contribution in [0.15, 0.2) is 18.3 Å². The van der Waals surface area contributed by atoms with Crippen LogP contribution in [0, 0.1) is 0 Å². The third-order valence-corrected chi connectivity index (χ3v) is 2.60. The molecule has 0 atom stereocenters. The molecule has 1 aromatic heterocycles. The first-order valence-electron chi connectivity index (χ1n) is 5.32. The van der Waals surface area contributed by atoms with Gasteiger partial charge in [0, 0.05) is 32.4 Å². The molecule has 0 spiro atoms. The molecule has 2 N–H and O–H groups in total. The molecule has 4 heteroatoms. The van der Waals surface area contributed by atoms with Gasteiger partial charge in [0.25, 0.3) is 0 Å². The van der Waals surface area contributed by atoms with Gasteiger partial charge in [0.2, 0.25) is 0 Å². The smallest absolute Gasteiger partial charge is 0.0594 e. The van der Waals surface area contributed by atoms with E-state index < -0.39 is 0 Å². The number of ether oxygens (including phenoxy) is 1. The van der Waals surface area contributed by atoms with E-state index in [2.05, 4.69) is 22.0 Å². The van der Waals surface area contributed by atoms with Gasteiger partial charge >= 0.3 is 0 Å². The zero-order chi connectivity index (χ0) is 10.5. The summed E-state index contributed by atoms with van der Waals surface area (Å²) in [7, 11) is 0. The van der Waals surface area contributed by atoms with Gasteiger partial charge in [0.05, 0.1) is 18.9 Å². The van der Waals surface area contributed by atoms with Gasteiger partial charge in [0.15, 0.2) is 0 Å². The van der Waals surface area contributed by atoms with Crippen LogP contribution in [0.25, 0.3) is 0 Å². The quantitative estimate of drug-likeness (QED) is 0.778. The third kappa shape index (κ3) is 2.99. The molecule has 0 radical (unpaired) electrons. The maximum atomic E-state index is 5.56. The fourth-order valence-corrected chi connectivity index (χ4v) is 1.76. The molecule has 15 heavy (non-hydrogen) atoms. The topological polar surface area (TPSA) is 51.4 Å². The van der Waals surface area contributed by atoms with Crippen molar-refractivity contribution in [1.82, 2.24) is 9.88 Å². The van der Waals surface area contributed by atoms with Gasteiger partial charge in [-0.15, -0.1) is 0 Å². The first kappa shape index (κ1) is 10.5. The molecule has 1 fully saturated rings. The number of hydrogen-bond donors (Lipinski definition) is 1. The average Bonchev–Trinajstić information content (AvgIpc) is 2.31. The molecule has 0 aromatic carbocycles. The number of pyridine rings is 1. The van der Waals surface area contributed by atoms with Gasteiger partial charge < -0.3 is 10.5 Å². The minimum atomic E-state index is 0.511. The number of morpholine rings is 1. The standard InChI is InChI=1S/C11H17N3O/c12-8-11-7-10(1-2-13-11)9-14-3-5-15-6-4-14/h1-2,7H,3-6,8-9,12H2. The van der Waals surface area contributed by atoms with E-state index in [9.17, 15) is 0 Å². The van der Waals surface area contributed by atoms with Gasteiger partial charge in [-0.05, 0) is 17.7 Å². The molecule has 4 nitrogen and oxygen atoms in total. The lowest BCUT2D eigenvalue weighted by Gasteiger charge is -2.26. The fraction of sp³-hybridized carbons (Fsp3) is 0.545. The summed E-state index contributed by atoms with van der Waals surface area (Å²) < 4.78 is 5.31. The monoisotopic (exact) mass is 207 g/mol. The van der Waals surface area contributed by atoms with E-state index in [1.165, 1.54) is 5.56 Å². The van der Waals surface area contributed by atoms with Crippen LogP contribution in [0.1, 0.15) is 11.3 Å². The van der Waals surface area contributed by atoms with E-state index >= 15 is 0 Å². The second kappa shape index (κ2) is 5.21. The Balaban J connectivity index is 1.96. The highest BCUT2D eigenvalue weighted by atomic mass is 16.5. The second-order valence-corrected chi connectivity index (χ2v) is 3.75. The first-order chi connectivity index (χ1) is 7.38. The normalized spacial score (nSPS) is 17.9. The molecular formula is C11H17N3O. The molecule has 0 aliphatic carbocycles. The Labute approximate surface area is 90.0 Å². The van der Waals surface area contributed by atoms with Crippen molar-refractivity contribution in [2.24, 2.45) is 5.73 Å². The molecule has 0 unspecified atom stereocenters. The molecule has 0 amide bonds. The van der Waals surface area contributed by atoms with Crippen molar-refractivity contribution < 1.29 is 4.74 Å². The van der Waals surface area contributed by atoms with Crippen LogP contribution in [0.4, 0.5) is 0 Å². The van der Waals surface area contributed by atoms with E-state index in [1.807, 2.05) is 6.20 Å². The Kier molecular flexibility index (Phi) is 3.66. The minimum absolute atomic E-state index is 0.511. The number of nitrogens with zero attached hydrogens (tertiary/aromatic N) is 2. The van der Waals surface area contributed by atoms with Crippen molar-refractivity contribution in [2.45, 2.75) is 13.1 Å². The van der Waals surface area contributed by atoms with Crippen molar-refractivity contribution in [3.63, 3.8) is 0 Å². The zero-order valence-corrected chi connectivity index (χ0v) is 8.85. The van der Waals surface area contributed by atoms with Gasteiger partial charge in [-0.25, -0.2) is 0 Å². The van der Waals surface area contributed by atoms with Crippen LogP contribution in [-0.4, -0.2) is 36.2 Å². The predicted octanol–water partition coefficient (Wildman–Crippen LogP) is 0.372. The lowest BCUT2D eigenvalue weighted by molar-refractivity contribution is 0.0342. The van der Waals surface area contributed by atoms with Gasteiger partial charge in [-0.3, -0.25) is 9.88 Å². The van der Waals surface area contributed by atoms with Crippen LogP contribution >= 0.6 is 0 Å². The molecule has 0 saturated carbocycles. The number of hydrogen-bond acceptors (Lipinski definition) is 4. The van der Waals surface area contributed by atoms with Crippen LogP contribution in [0.2, 0.25) is 0 Å². The molecule has 1 aromatic rings. The van der Waals surface area contributed by atoms with Crippen LogP contribution < -0.4 is 5.73 Å². The van der Waals surface area contributed by atoms with Crippen LogP contribution in [0.5, 0.6) is 0 Å². The zero-order valence-electron chi connectivity index (χ0n) is 8.85. The lowest BCUT2D eigenvalue weighted by Crippen LogP contribution is -2.35. The number of nitrogens with two attached hydrogens (primary N) is 1. The summed E-state index contributed by atoms with van der Waals surface area (Å²) in [5.74, 6) is 0. The molecule has 2 heterocycles. The highest BCUT2D eigenvalue weighted by molar-refractivity contribution is 5.16. The lowest BCUT2D eigenvalue weighted by atomic mass is 10.2. The van der Waals surface area contributed by atoms with E-state index in [4.69, 9.17) is 10.5 Å². The van der Waals surface area contributed by atoms with Crippen LogP contribution in [-0.2, 0) is 17.8 Å². The maximum absolute atomic E-state index is 5.56. The molecule has 1 aliphatic heterocycles. The van der Waals surface area contributed by atoms with E-state index in [-0.39, 0.29) is 0 Å². The van der Waals surface area contributed by atoms with E-state index in [0.29, 0.717) is 6.54 Å². The summed E-state index contributed by atoms with van der Waals surface area (Å²) >= 11 is 0. The third-order valence-electron chi connectivity index (χ3n) is 2.60. The highest BCUT2D eigenvalue weighted by Crippen LogP contribution is 2.07. The fourth-order valence-electron chi connectivity index (χ4n) is 1.76. The first-order valence-corrected chi connectivity index (χ1v) is 5.32. The summed E-state index contributed by atoms with van der Waals surface area (Å²) in [6.45, 7) is 5.19. The Morgan fingerprint density at radius 1 is 1.40 bits per heavy atom. The summed E-state index contributed by atoms with van der Waals surface area (Å²) in [5, 5.41) is 0. The van der Waals surface area contributed by atoms with Crippen LogP contribution in [0.3, 0.4) is 0 Å². The van der Waals surface area contributed by atoms with Gasteiger partial charge in [-0.1, -0.05) is 0 Å². The molecule has 82 valence electrons. The molecule has 0 bridgehead atoms. The van der Waals surface area contributed by atoms with Crippen molar-refractivity contribution in [3.8, 4) is 0 Å². The molecule has 2 rings (SSSR count). The number of rotatable bonds is 3. The number of aromatic nitrogens is 1. The Hall–Kier alpha value is -0.970. The van der Waals surface area contributed by atoms with E-state index in [1.54, 1.807) is 0 Å². The van der Waals surface area contributed by atoms with E-state index in [0.717, 1.165) is 38.5 Å². The molecule has 1 saturated heterocycles. The molecular weight excluding hydrogens is 190 g/mol. The average molecular weight is 207 g/mol.